The molecule has 0 radical (unpaired) electrons. The van der Waals surface area contributed by atoms with Crippen molar-refractivity contribution in [1.29, 1.82) is 0 Å². The van der Waals surface area contributed by atoms with Crippen LogP contribution in [0.4, 0.5) is 11.4 Å². The van der Waals surface area contributed by atoms with Crippen molar-refractivity contribution in [3.05, 3.63) is 40.2 Å². The topological polar surface area (TPSA) is 83.8 Å². The van der Waals surface area contributed by atoms with Gasteiger partial charge in [-0.15, -0.1) is 0 Å². The molecule has 1 aliphatic carbocycles. The highest BCUT2D eigenvalue weighted by Gasteiger charge is 2.30. The van der Waals surface area contributed by atoms with E-state index >= 15 is 0 Å². The third kappa shape index (κ3) is 2.51. The Labute approximate surface area is 123 Å². The van der Waals surface area contributed by atoms with Gasteiger partial charge in [0.1, 0.15) is 0 Å². The quantitative estimate of drug-likeness (QED) is 0.810. The Morgan fingerprint density at radius 3 is 2.48 bits per heavy atom. The van der Waals surface area contributed by atoms with E-state index in [9.17, 15) is 4.79 Å². The van der Waals surface area contributed by atoms with Gasteiger partial charge < -0.3 is 11.1 Å². The number of anilines is 2. The molecule has 0 bridgehead atoms. The lowest BCUT2D eigenvalue weighted by atomic mass is 10.0. The molecule has 1 amide bonds. The van der Waals surface area contributed by atoms with E-state index in [4.69, 9.17) is 5.73 Å². The lowest BCUT2D eigenvalue weighted by Gasteiger charge is -2.12. The van der Waals surface area contributed by atoms with Gasteiger partial charge in [0.15, 0.2) is 5.69 Å². The lowest BCUT2D eigenvalue weighted by Crippen LogP contribution is -2.16. The number of benzene rings is 1. The van der Waals surface area contributed by atoms with Crippen molar-refractivity contribution in [2.75, 3.05) is 11.1 Å². The van der Waals surface area contributed by atoms with Gasteiger partial charge in [-0.3, -0.25) is 9.89 Å². The minimum absolute atomic E-state index is 0.259. The van der Waals surface area contributed by atoms with E-state index in [-0.39, 0.29) is 11.6 Å². The summed E-state index contributed by atoms with van der Waals surface area (Å²) in [5, 5.41) is 9.93. The van der Waals surface area contributed by atoms with E-state index in [2.05, 4.69) is 15.5 Å². The molecule has 1 heterocycles. The van der Waals surface area contributed by atoms with E-state index in [1.807, 2.05) is 32.9 Å². The second-order valence-electron chi connectivity index (χ2n) is 5.90. The summed E-state index contributed by atoms with van der Waals surface area (Å²) in [5.41, 5.74) is 11.8. The summed E-state index contributed by atoms with van der Waals surface area (Å²) >= 11 is 0. The highest BCUT2D eigenvalue weighted by Crippen LogP contribution is 2.42. The van der Waals surface area contributed by atoms with E-state index < -0.39 is 0 Å². The first-order chi connectivity index (χ1) is 9.97. The van der Waals surface area contributed by atoms with E-state index in [0.29, 0.717) is 11.6 Å². The average Bonchev–Trinajstić information content (AvgIpc) is 3.17. The zero-order chi connectivity index (χ0) is 15.1. The minimum atomic E-state index is -0.259. The Bertz CT molecular complexity index is 690. The molecule has 2 aromatic rings. The summed E-state index contributed by atoms with van der Waals surface area (Å²) < 4.78 is 0. The Hall–Kier alpha value is -2.30. The van der Waals surface area contributed by atoms with Crippen molar-refractivity contribution in [1.82, 2.24) is 10.2 Å². The third-order valence-corrected chi connectivity index (χ3v) is 3.95. The number of aryl methyl sites for hydroxylation is 3. The molecule has 1 saturated carbocycles. The van der Waals surface area contributed by atoms with Gasteiger partial charge in [0, 0.05) is 11.6 Å². The van der Waals surface area contributed by atoms with Crippen LogP contribution in [0.1, 0.15) is 51.6 Å². The van der Waals surface area contributed by atoms with Gasteiger partial charge in [-0.1, -0.05) is 17.7 Å². The highest BCUT2D eigenvalue weighted by atomic mass is 16.2. The number of aromatic nitrogens is 2. The first-order valence-corrected chi connectivity index (χ1v) is 7.20. The molecule has 1 aliphatic rings. The van der Waals surface area contributed by atoms with Crippen molar-refractivity contribution in [2.24, 2.45) is 0 Å². The van der Waals surface area contributed by atoms with Crippen LogP contribution in [0.5, 0.6) is 0 Å². The number of carbonyl (C=O) groups excluding carboxylic acids is 1. The number of nitrogen functional groups attached to an aromatic ring is 1. The molecule has 0 unspecified atom stereocenters. The Morgan fingerprint density at radius 2 is 1.90 bits per heavy atom. The van der Waals surface area contributed by atoms with Crippen LogP contribution in [0.15, 0.2) is 12.1 Å². The van der Waals surface area contributed by atoms with Crippen LogP contribution in [-0.2, 0) is 0 Å². The number of amides is 1. The molecule has 1 aromatic heterocycles. The fourth-order valence-electron chi connectivity index (χ4n) is 2.77. The van der Waals surface area contributed by atoms with Crippen molar-refractivity contribution >= 4 is 17.3 Å². The van der Waals surface area contributed by atoms with Gasteiger partial charge in [-0.2, -0.15) is 5.10 Å². The SMILES string of the molecule is Cc1cc(C)c(NC(=O)c2n[nH]c(C3CC3)c2N)c(C)c1. The van der Waals surface area contributed by atoms with E-state index in [1.54, 1.807) is 0 Å². The van der Waals surface area contributed by atoms with Gasteiger partial charge in [-0.25, -0.2) is 0 Å². The number of carbonyl (C=O) groups is 1. The normalized spacial score (nSPS) is 14.2. The predicted molar refractivity (Wildman–Crippen MR) is 83.6 cm³/mol. The number of H-pyrrole nitrogens is 1. The largest absolute Gasteiger partial charge is 0.395 e. The molecule has 5 heteroatoms. The summed E-state index contributed by atoms with van der Waals surface area (Å²) in [5.74, 6) is 0.188. The van der Waals surface area contributed by atoms with Crippen LogP contribution in [-0.4, -0.2) is 16.1 Å². The minimum Gasteiger partial charge on any atom is -0.395 e. The fraction of sp³-hybridized carbons (Fsp3) is 0.375. The summed E-state index contributed by atoms with van der Waals surface area (Å²) in [7, 11) is 0. The number of hydrogen-bond acceptors (Lipinski definition) is 3. The molecule has 0 saturated heterocycles. The van der Waals surface area contributed by atoms with Crippen molar-refractivity contribution < 1.29 is 4.79 Å². The van der Waals surface area contributed by atoms with Crippen molar-refractivity contribution in [3.8, 4) is 0 Å². The molecular formula is C16H20N4O. The standard InChI is InChI=1S/C16H20N4O/c1-8-6-9(2)13(10(3)7-8)18-16(21)15-12(17)14(19-20-15)11-4-5-11/h6-7,11H,4-5,17H2,1-3H3,(H,18,21)(H,19,20). The molecule has 3 rings (SSSR count). The number of nitrogens with zero attached hydrogens (tertiary/aromatic N) is 1. The van der Waals surface area contributed by atoms with Crippen LogP contribution in [0.2, 0.25) is 0 Å². The van der Waals surface area contributed by atoms with Gasteiger partial charge in [-0.05, 0) is 44.7 Å². The third-order valence-electron chi connectivity index (χ3n) is 3.95. The number of nitrogens with one attached hydrogen (secondary N) is 2. The molecular weight excluding hydrogens is 264 g/mol. The maximum Gasteiger partial charge on any atom is 0.278 e. The van der Waals surface area contributed by atoms with Crippen molar-refractivity contribution in [3.63, 3.8) is 0 Å². The van der Waals surface area contributed by atoms with Gasteiger partial charge in [0.05, 0.1) is 11.4 Å². The van der Waals surface area contributed by atoms with Crippen LogP contribution in [0, 0.1) is 20.8 Å². The molecule has 0 aliphatic heterocycles. The molecule has 1 fully saturated rings. The van der Waals surface area contributed by atoms with Gasteiger partial charge >= 0.3 is 0 Å². The monoisotopic (exact) mass is 284 g/mol. The summed E-state index contributed by atoms with van der Waals surface area (Å²) in [6.45, 7) is 6.01. The fourth-order valence-corrected chi connectivity index (χ4v) is 2.77. The molecule has 0 spiro atoms. The maximum absolute atomic E-state index is 12.4. The average molecular weight is 284 g/mol. The Kier molecular flexibility index (Phi) is 3.20. The van der Waals surface area contributed by atoms with Crippen LogP contribution < -0.4 is 11.1 Å². The molecule has 1 aromatic carbocycles. The summed E-state index contributed by atoms with van der Waals surface area (Å²) in [4.78, 5) is 12.4. The maximum atomic E-state index is 12.4. The van der Waals surface area contributed by atoms with E-state index in [0.717, 1.165) is 35.3 Å². The Balaban J connectivity index is 1.87. The number of aromatic amines is 1. The second kappa shape index (κ2) is 4.91. The van der Waals surface area contributed by atoms with Crippen LogP contribution in [0.3, 0.4) is 0 Å². The van der Waals surface area contributed by atoms with Crippen LogP contribution in [0.25, 0.3) is 0 Å². The molecule has 0 atom stereocenters. The first kappa shape index (κ1) is 13.7. The Morgan fingerprint density at radius 1 is 1.29 bits per heavy atom. The molecule has 4 N–H and O–H groups in total. The second-order valence-corrected chi connectivity index (χ2v) is 5.90. The smallest absolute Gasteiger partial charge is 0.278 e. The molecule has 110 valence electrons. The predicted octanol–water partition coefficient (Wildman–Crippen LogP) is 3.05. The zero-order valence-corrected chi connectivity index (χ0v) is 12.6. The lowest BCUT2D eigenvalue weighted by molar-refractivity contribution is 0.102. The number of hydrogen-bond donors (Lipinski definition) is 3. The summed E-state index contributed by atoms with van der Waals surface area (Å²) in [6.07, 6.45) is 2.23. The van der Waals surface area contributed by atoms with Crippen molar-refractivity contribution in [2.45, 2.75) is 39.5 Å². The summed E-state index contributed by atoms with van der Waals surface area (Å²) in [6, 6.07) is 4.10. The van der Waals surface area contributed by atoms with E-state index in [1.165, 1.54) is 5.56 Å². The first-order valence-electron chi connectivity index (χ1n) is 7.20. The number of nitrogens with two attached hydrogens (primary N) is 1. The van der Waals surface area contributed by atoms with Crippen LogP contribution >= 0.6 is 0 Å². The van der Waals surface area contributed by atoms with Gasteiger partial charge in [0.2, 0.25) is 0 Å². The molecule has 5 nitrogen and oxygen atoms in total. The highest BCUT2D eigenvalue weighted by molar-refractivity contribution is 6.07. The zero-order valence-electron chi connectivity index (χ0n) is 12.6. The molecule has 21 heavy (non-hydrogen) atoms. The van der Waals surface area contributed by atoms with Gasteiger partial charge in [0.25, 0.3) is 5.91 Å². The number of rotatable bonds is 3.